The second-order valence-electron chi connectivity index (χ2n) is 6.23. The van der Waals surface area contributed by atoms with E-state index in [9.17, 15) is 0 Å². The summed E-state index contributed by atoms with van der Waals surface area (Å²) in [5, 5.41) is 3.35. The molecule has 0 radical (unpaired) electrons. The molecule has 0 bridgehead atoms. The van der Waals surface area contributed by atoms with Crippen LogP contribution in [-0.4, -0.2) is 36.3 Å². The quantitative estimate of drug-likeness (QED) is 0.522. The van der Waals surface area contributed by atoms with E-state index in [2.05, 4.69) is 15.3 Å². The van der Waals surface area contributed by atoms with Gasteiger partial charge in [0.2, 0.25) is 0 Å². The molecule has 7 heteroatoms. The maximum absolute atomic E-state index is 5.46. The molecule has 0 aliphatic carbocycles. The molecule has 0 aliphatic rings. The SMILES string of the molecule is COc1ccc(-c2cnc3cncc(Nc4cc(OC)ccc4OC)c3n2)cc1. The van der Waals surface area contributed by atoms with Crippen molar-refractivity contribution in [2.75, 3.05) is 26.6 Å². The van der Waals surface area contributed by atoms with Gasteiger partial charge >= 0.3 is 0 Å². The van der Waals surface area contributed by atoms with Crippen LogP contribution < -0.4 is 19.5 Å². The van der Waals surface area contributed by atoms with Crippen LogP contribution >= 0.6 is 0 Å². The minimum absolute atomic E-state index is 0.682. The molecule has 0 atom stereocenters. The molecule has 2 aromatic heterocycles. The Morgan fingerprint density at radius 1 is 0.759 bits per heavy atom. The summed E-state index contributed by atoms with van der Waals surface area (Å²) < 4.78 is 16.0. The molecule has 2 aromatic carbocycles. The fraction of sp³-hybridized carbons (Fsp3) is 0.136. The summed E-state index contributed by atoms with van der Waals surface area (Å²) in [5.74, 6) is 2.19. The number of pyridine rings is 1. The first-order chi connectivity index (χ1) is 14.2. The van der Waals surface area contributed by atoms with Gasteiger partial charge in [-0.05, 0) is 36.4 Å². The highest BCUT2D eigenvalue weighted by Crippen LogP contribution is 2.33. The summed E-state index contributed by atoms with van der Waals surface area (Å²) in [4.78, 5) is 13.6. The summed E-state index contributed by atoms with van der Waals surface area (Å²) in [7, 11) is 4.89. The maximum Gasteiger partial charge on any atom is 0.142 e. The first-order valence-electron chi connectivity index (χ1n) is 8.96. The van der Waals surface area contributed by atoms with E-state index in [1.807, 2.05) is 42.5 Å². The lowest BCUT2D eigenvalue weighted by Gasteiger charge is -2.14. The summed E-state index contributed by atoms with van der Waals surface area (Å²) in [6.07, 6.45) is 5.14. The van der Waals surface area contributed by atoms with Gasteiger partial charge in [0, 0.05) is 11.6 Å². The molecule has 146 valence electrons. The van der Waals surface area contributed by atoms with Gasteiger partial charge in [-0.3, -0.25) is 9.97 Å². The highest BCUT2D eigenvalue weighted by atomic mass is 16.5. The fourth-order valence-electron chi connectivity index (χ4n) is 2.98. The Labute approximate surface area is 168 Å². The first kappa shape index (κ1) is 18.5. The van der Waals surface area contributed by atoms with E-state index in [-0.39, 0.29) is 0 Å². The third-order valence-corrected chi connectivity index (χ3v) is 4.52. The number of ether oxygens (including phenoxy) is 3. The summed E-state index contributed by atoms with van der Waals surface area (Å²) >= 11 is 0. The van der Waals surface area contributed by atoms with Gasteiger partial charge in [0.25, 0.3) is 0 Å². The lowest BCUT2D eigenvalue weighted by Crippen LogP contribution is -1.99. The summed E-state index contributed by atoms with van der Waals surface area (Å²) in [6, 6.07) is 13.2. The molecule has 4 aromatic rings. The highest BCUT2D eigenvalue weighted by Gasteiger charge is 2.11. The van der Waals surface area contributed by atoms with Crippen LogP contribution in [0.1, 0.15) is 0 Å². The highest BCUT2D eigenvalue weighted by molar-refractivity contribution is 5.90. The van der Waals surface area contributed by atoms with Crippen LogP contribution in [0.15, 0.2) is 61.1 Å². The smallest absolute Gasteiger partial charge is 0.142 e. The van der Waals surface area contributed by atoms with Crippen LogP contribution in [0.5, 0.6) is 17.2 Å². The average Bonchev–Trinajstić information content (AvgIpc) is 2.79. The number of hydrogen-bond acceptors (Lipinski definition) is 7. The molecular formula is C22H20N4O3. The Balaban J connectivity index is 1.77. The molecule has 7 nitrogen and oxygen atoms in total. The first-order valence-corrected chi connectivity index (χ1v) is 8.96. The van der Waals surface area contributed by atoms with E-state index in [0.29, 0.717) is 22.5 Å². The summed E-state index contributed by atoms with van der Waals surface area (Å²) in [6.45, 7) is 0. The average molecular weight is 388 g/mol. The van der Waals surface area contributed by atoms with Gasteiger partial charge in [0.15, 0.2) is 0 Å². The molecule has 0 saturated carbocycles. The Kier molecular flexibility index (Phi) is 5.11. The molecule has 4 rings (SSSR count). The fourth-order valence-corrected chi connectivity index (χ4v) is 2.98. The number of rotatable bonds is 6. The lowest BCUT2D eigenvalue weighted by atomic mass is 10.1. The Hall–Kier alpha value is -3.87. The number of hydrogen-bond donors (Lipinski definition) is 1. The van der Waals surface area contributed by atoms with Crippen LogP contribution in [0.25, 0.3) is 22.3 Å². The van der Waals surface area contributed by atoms with Crippen LogP contribution in [0.2, 0.25) is 0 Å². The van der Waals surface area contributed by atoms with Gasteiger partial charge in [0.1, 0.15) is 28.3 Å². The van der Waals surface area contributed by atoms with E-state index in [4.69, 9.17) is 19.2 Å². The van der Waals surface area contributed by atoms with Crippen molar-refractivity contribution < 1.29 is 14.2 Å². The Morgan fingerprint density at radius 3 is 2.24 bits per heavy atom. The zero-order valence-electron chi connectivity index (χ0n) is 16.3. The molecule has 2 heterocycles. The molecule has 0 saturated heterocycles. The van der Waals surface area contributed by atoms with Crippen LogP contribution in [0.3, 0.4) is 0 Å². The summed E-state index contributed by atoms with van der Waals surface area (Å²) in [5.41, 5.74) is 4.57. The second kappa shape index (κ2) is 8.02. The van der Waals surface area contributed by atoms with Crippen molar-refractivity contribution in [2.24, 2.45) is 0 Å². The molecule has 0 fully saturated rings. The molecule has 29 heavy (non-hydrogen) atoms. The van der Waals surface area contributed by atoms with Crippen molar-refractivity contribution in [3.8, 4) is 28.5 Å². The number of benzene rings is 2. The molecule has 0 aliphatic heterocycles. The van der Waals surface area contributed by atoms with Crippen LogP contribution in [0.4, 0.5) is 11.4 Å². The topological polar surface area (TPSA) is 78.4 Å². The standard InChI is InChI=1S/C22H20N4O3/c1-27-15-6-4-14(5-7-15)18-13-24-19-11-23-12-20(22(19)26-18)25-17-10-16(28-2)8-9-21(17)29-3/h4-13,25H,1-3H3. The van der Waals surface area contributed by atoms with Gasteiger partial charge in [-0.25, -0.2) is 4.98 Å². The van der Waals surface area contributed by atoms with Gasteiger partial charge in [0.05, 0.1) is 57.0 Å². The Morgan fingerprint density at radius 2 is 1.52 bits per heavy atom. The minimum atomic E-state index is 0.682. The third kappa shape index (κ3) is 3.75. The maximum atomic E-state index is 5.46. The zero-order valence-corrected chi connectivity index (χ0v) is 16.3. The molecule has 1 N–H and O–H groups in total. The van der Waals surface area contributed by atoms with E-state index >= 15 is 0 Å². The molecule has 0 amide bonds. The zero-order chi connectivity index (χ0) is 20.2. The van der Waals surface area contributed by atoms with Crippen molar-refractivity contribution in [3.63, 3.8) is 0 Å². The molecule has 0 spiro atoms. The van der Waals surface area contributed by atoms with Crippen molar-refractivity contribution >= 4 is 22.4 Å². The minimum Gasteiger partial charge on any atom is -0.497 e. The van der Waals surface area contributed by atoms with Crippen LogP contribution in [-0.2, 0) is 0 Å². The van der Waals surface area contributed by atoms with Gasteiger partial charge in [-0.1, -0.05) is 0 Å². The second-order valence-corrected chi connectivity index (χ2v) is 6.23. The number of methoxy groups -OCH3 is 3. The predicted molar refractivity (Wildman–Crippen MR) is 112 cm³/mol. The number of fused-ring (bicyclic) bond motifs is 1. The van der Waals surface area contributed by atoms with Crippen molar-refractivity contribution in [1.29, 1.82) is 0 Å². The van der Waals surface area contributed by atoms with E-state index in [0.717, 1.165) is 28.4 Å². The Bertz CT molecular complexity index is 1150. The number of nitrogens with zero attached hydrogens (tertiary/aromatic N) is 3. The predicted octanol–water partition coefficient (Wildman–Crippen LogP) is 4.46. The van der Waals surface area contributed by atoms with Gasteiger partial charge < -0.3 is 19.5 Å². The van der Waals surface area contributed by atoms with Crippen molar-refractivity contribution in [2.45, 2.75) is 0 Å². The van der Waals surface area contributed by atoms with E-state index in [1.54, 1.807) is 39.9 Å². The number of nitrogens with one attached hydrogen (secondary N) is 1. The van der Waals surface area contributed by atoms with Gasteiger partial charge in [-0.15, -0.1) is 0 Å². The number of anilines is 2. The van der Waals surface area contributed by atoms with Crippen molar-refractivity contribution in [1.82, 2.24) is 15.0 Å². The molecule has 0 unspecified atom stereocenters. The van der Waals surface area contributed by atoms with E-state index in [1.165, 1.54) is 0 Å². The number of aromatic nitrogens is 3. The van der Waals surface area contributed by atoms with E-state index < -0.39 is 0 Å². The van der Waals surface area contributed by atoms with Gasteiger partial charge in [-0.2, -0.15) is 0 Å². The monoisotopic (exact) mass is 388 g/mol. The van der Waals surface area contributed by atoms with Crippen molar-refractivity contribution in [3.05, 3.63) is 61.1 Å². The normalized spacial score (nSPS) is 10.6. The third-order valence-electron chi connectivity index (χ3n) is 4.52. The largest absolute Gasteiger partial charge is 0.497 e. The lowest BCUT2D eigenvalue weighted by molar-refractivity contribution is 0.405. The van der Waals surface area contributed by atoms with Crippen LogP contribution in [0, 0.1) is 0 Å². The molecular weight excluding hydrogens is 368 g/mol.